The van der Waals surface area contributed by atoms with Crippen molar-refractivity contribution in [3.63, 3.8) is 0 Å². The molecule has 116 valence electrons. The van der Waals surface area contributed by atoms with Gasteiger partial charge in [0.1, 0.15) is 5.75 Å². The maximum absolute atomic E-state index is 12.9. The highest BCUT2D eigenvalue weighted by atomic mass is 16.5. The first-order valence-corrected chi connectivity index (χ1v) is 7.93. The molecule has 1 aromatic carbocycles. The Bertz CT molecular complexity index is 791. The molecule has 2 heterocycles. The molecule has 2 atom stereocenters. The van der Waals surface area contributed by atoms with E-state index < -0.39 is 0 Å². The molecule has 0 unspecified atom stereocenters. The van der Waals surface area contributed by atoms with E-state index in [0.717, 1.165) is 23.7 Å². The summed E-state index contributed by atoms with van der Waals surface area (Å²) in [6.07, 6.45) is 2.46. The van der Waals surface area contributed by atoms with Crippen LogP contribution in [0, 0.1) is 5.92 Å². The lowest BCUT2D eigenvalue weighted by Gasteiger charge is -2.31. The van der Waals surface area contributed by atoms with Crippen LogP contribution in [0.2, 0.25) is 0 Å². The first-order valence-electron chi connectivity index (χ1n) is 7.93. The first-order chi connectivity index (χ1) is 10.6. The lowest BCUT2D eigenvalue weighted by atomic mass is 9.79. The zero-order chi connectivity index (χ0) is 15.9. The van der Waals surface area contributed by atoms with Crippen molar-refractivity contribution >= 4 is 16.9 Å². The van der Waals surface area contributed by atoms with Gasteiger partial charge in [0.25, 0.3) is 5.56 Å². The Morgan fingerprint density at radius 2 is 1.86 bits per heavy atom. The Morgan fingerprint density at radius 3 is 2.55 bits per heavy atom. The molecule has 2 aromatic rings. The molecule has 1 aromatic heterocycles. The summed E-state index contributed by atoms with van der Waals surface area (Å²) < 4.78 is 7.28. The molecule has 0 saturated carbocycles. The molecule has 0 amide bonds. The number of benzene rings is 1. The summed E-state index contributed by atoms with van der Waals surface area (Å²) in [7, 11) is 1.78. The Morgan fingerprint density at radius 1 is 1.14 bits per heavy atom. The second kappa shape index (κ2) is 5.59. The van der Waals surface area contributed by atoms with Gasteiger partial charge in [-0.1, -0.05) is 32.4 Å². The molecular formula is C18H21NO3. The quantitative estimate of drug-likeness (QED) is 0.816. The number of aryl methyl sites for hydroxylation is 1. The summed E-state index contributed by atoms with van der Waals surface area (Å²) in [5.74, 6) is 0.00887. The number of esters is 1. The minimum atomic E-state index is -0.221. The Labute approximate surface area is 129 Å². The molecule has 0 spiro atoms. The second-order valence-corrected chi connectivity index (χ2v) is 5.96. The zero-order valence-corrected chi connectivity index (χ0v) is 13.3. The molecular weight excluding hydrogens is 278 g/mol. The van der Waals surface area contributed by atoms with Crippen LogP contribution < -0.4 is 10.3 Å². The van der Waals surface area contributed by atoms with E-state index in [4.69, 9.17) is 4.74 Å². The number of carbonyl (C=O) groups is 1. The lowest BCUT2D eigenvalue weighted by Crippen LogP contribution is -2.37. The van der Waals surface area contributed by atoms with E-state index in [1.54, 1.807) is 11.6 Å². The van der Waals surface area contributed by atoms with Gasteiger partial charge in [-0.3, -0.25) is 9.59 Å². The van der Waals surface area contributed by atoms with E-state index in [0.29, 0.717) is 17.7 Å². The Balaban J connectivity index is 2.36. The van der Waals surface area contributed by atoms with Crippen LogP contribution in [0.1, 0.15) is 44.6 Å². The summed E-state index contributed by atoms with van der Waals surface area (Å²) in [4.78, 5) is 25.2. The van der Waals surface area contributed by atoms with Crippen molar-refractivity contribution in [3.8, 4) is 5.75 Å². The van der Waals surface area contributed by atoms with Crippen LogP contribution in [0.3, 0.4) is 0 Å². The summed E-state index contributed by atoms with van der Waals surface area (Å²) in [5, 5.41) is 0.837. The van der Waals surface area contributed by atoms with Crippen molar-refractivity contribution in [3.05, 3.63) is 40.2 Å². The molecule has 0 saturated heterocycles. The van der Waals surface area contributed by atoms with Gasteiger partial charge < -0.3 is 9.30 Å². The van der Waals surface area contributed by atoms with Gasteiger partial charge in [-0.05, 0) is 25.0 Å². The van der Waals surface area contributed by atoms with Crippen molar-refractivity contribution in [2.45, 2.75) is 39.0 Å². The largest absolute Gasteiger partial charge is 0.425 e. The lowest BCUT2D eigenvalue weighted by molar-refractivity contribution is -0.141. The standard InChI is InChI=1S/C18H21NO3/c1-4-8-12-11(5-2)18(21)22-16-13-9-6-7-10-14(13)19(3)17(20)15(12)16/h6-7,9-12H,4-5,8H2,1-3H3/t11-,12-/m1/s1. The summed E-state index contributed by atoms with van der Waals surface area (Å²) in [6.45, 7) is 4.06. The molecule has 3 rings (SSSR count). The molecule has 0 aliphatic carbocycles. The van der Waals surface area contributed by atoms with Crippen LogP contribution in [0.25, 0.3) is 10.9 Å². The van der Waals surface area contributed by atoms with Gasteiger partial charge >= 0.3 is 5.97 Å². The van der Waals surface area contributed by atoms with Gasteiger partial charge in [-0.15, -0.1) is 0 Å². The SMILES string of the molecule is CCC[C@H]1c2c(c3ccccc3n(C)c2=O)OC(=O)[C@@H]1CC. The predicted molar refractivity (Wildman–Crippen MR) is 86.3 cm³/mol. The van der Waals surface area contributed by atoms with Gasteiger partial charge in [0.15, 0.2) is 0 Å². The average Bonchev–Trinajstić information content (AvgIpc) is 2.53. The number of hydrogen-bond acceptors (Lipinski definition) is 3. The highest BCUT2D eigenvalue weighted by Gasteiger charge is 2.39. The fourth-order valence-electron chi connectivity index (χ4n) is 3.58. The van der Waals surface area contributed by atoms with E-state index in [9.17, 15) is 9.59 Å². The molecule has 0 fully saturated rings. The number of carbonyl (C=O) groups excluding carboxylic acids is 1. The summed E-state index contributed by atoms with van der Waals surface area (Å²) >= 11 is 0. The fraction of sp³-hybridized carbons (Fsp3) is 0.444. The van der Waals surface area contributed by atoms with Crippen molar-refractivity contribution in [1.29, 1.82) is 0 Å². The van der Waals surface area contributed by atoms with Crippen molar-refractivity contribution in [1.82, 2.24) is 4.57 Å². The van der Waals surface area contributed by atoms with E-state index in [1.807, 2.05) is 31.2 Å². The van der Waals surface area contributed by atoms with Gasteiger partial charge in [-0.2, -0.15) is 0 Å². The van der Waals surface area contributed by atoms with E-state index in [2.05, 4.69) is 6.92 Å². The molecule has 4 heteroatoms. The van der Waals surface area contributed by atoms with Crippen molar-refractivity contribution < 1.29 is 9.53 Å². The molecule has 0 N–H and O–H groups in total. The number of ether oxygens (including phenoxy) is 1. The second-order valence-electron chi connectivity index (χ2n) is 5.96. The predicted octanol–water partition coefficient (Wildman–Crippen LogP) is 3.37. The van der Waals surface area contributed by atoms with Crippen LogP contribution in [-0.2, 0) is 11.8 Å². The fourth-order valence-corrected chi connectivity index (χ4v) is 3.58. The topological polar surface area (TPSA) is 48.3 Å². The third kappa shape index (κ3) is 2.05. The average molecular weight is 299 g/mol. The van der Waals surface area contributed by atoms with E-state index >= 15 is 0 Å². The van der Waals surface area contributed by atoms with Gasteiger partial charge in [0.05, 0.1) is 17.0 Å². The van der Waals surface area contributed by atoms with Crippen LogP contribution in [0.15, 0.2) is 29.1 Å². The third-order valence-corrected chi connectivity index (χ3v) is 4.69. The molecule has 0 bridgehead atoms. The highest BCUT2D eigenvalue weighted by molar-refractivity contribution is 5.92. The Kier molecular flexibility index (Phi) is 3.77. The first kappa shape index (κ1) is 14.8. The van der Waals surface area contributed by atoms with Crippen LogP contribution in [0.4, 0.5) is 0 Å². The van der Waals surface area contributed by atoms with E-state index in [1.165, 1.54) is 0 Å². The molecule has 22 heavy (non-hydrogen) atoms. The van der Waals surface area contributed by atoms with Gasteiger partial charge in [0.2, 0.25) is 0 Å². The number of nitrogens with zero attached hydrogens (tertiary/aromatic N) is 1. The number of hydrogen-bond donors (Lipinski definition) is 0. The van der Waals surface area contributed by atoms with Crippen molar-refractivity contribution in [2.75, 3.05) is 0 Å². The smallest absolute Gasteiger partial charge is 0.314 e. The maximum Gasteiger partial charge on any atom is 0.314 e. The van der Waals surface area contributed by atoms with Crippen LogP contribution in [0.5, 0.6) is 5.75 Å². The number of aromatic nitrogens is 1. The van der Waals surface area contributed by atoms with Crippen molar-refractivity contribution in [2.24, 2.45) is 13.0 Å². The summed E-state index contributed by atoms with van der Waals surface area (Å²) in [6, 6.07) is 7.58. The minimum Gasteiger partial charge on any atom is -0.425 e. The number of para-hydroxylation sites is 1. The highest BCUT2D eigenvalue weighted by Crippen LogP contribution is 2.43. The normalized spacial score (nSPS) is 20.8. The summed E-state index contributed by atoms with van der Waals surface area (Å²) in [5.41, 5.74) is 1.43. The third-order valence-electron chi connectivity index (χ3n) is 4.69. The van der Waals surface area contributed by atoms with Crippen LogP contribution >= 0.6 is 0 Å². The maximum atomic E-state index is 12.9. The van der Waals surface area contributed by atoms with Crippen LogP contribution in [-0.4, -0.2) is 10.5 Å². The molecule has 4 nitrogen and oxygen atoms in total. The van der Waals surface area contributed by atoms with Gasteiger partial charge in [0, 0.05) is 18.4 Å². The van der Waals surface area contributed by atoms with Gasteiger partial charge in [-0.25, -0.2) is 0 Å². The number of pyridine rings is 1. The molecule has 1 aliphatic heterocycles. The minimum absolute atomic E-state index is 0.0434. The molecule has 0 radical (unpaired) electrons. The zero-order valence-electron chi connectivity index (χ0n) is 13.3. The number of fused-ring (bicyclic) bond motifs is 3. The number of rotatable bonds is 3. The molecule has 1 aliphatic rings. The Hall–Kier alpha value is -2.10. The van der Waals surface area contributed by atoms with E-state index in [-0.39, 0.29) is 23.4 Å². The monoisotopic (exact) mass is 299 g/mol.